The third-order valence-electron chi connectivity index (χ3n) is 3.81. The minimum absolute atomic E-state index is 0.0298. The van der Waals surface area contributed by atoms with Crippen molar-refractivity contribution in [2.45, 2.75) is 0 Å². The molecule has 3 aromatic carbocycles. The molecule has 0 radical (unpaired) electrons. The third kappa shape index (κ3) is 5.23. The van der Waals surface area contributed by atoms with Crippen molar-refractivity contribution in [3.63, 3.8) is 0 Å². The van der Waals surface area contributed by atoms with Crippen LogP contribution in [0.15, 0.2) is 83.0 Å². The van der Waals surface area contributed by atoms with E-state index in [1.165, 1.54) is 24.3 Å². The van der Waals surface area contributed by atoms with Gasteiger partial charge in [0.2, 0.25) is 0 Å². The Morgan fingerprint density at radius 2 is 1.67 bits per heavy atom. The van der Waals surface area contributed by atoms with E-state index in [1.807, 2.05) is 0 Å². The van der Waals surface area contributed by atoms with Gasteiger partial charge in [-0.2, -0.15) is 0 Å². The summed E-state index contributed by atoms with van der Waals surface area (Å²) in [5.41, 5.74) is 9.49. The van der Waals surface area contributed by atoms with Crippen molar-refractivity contribution in [3.8, 4) is 0 Å². The highest BCUT2D eigenvalue weighted by Gasteiger charge is 2.13. The number of hydrogen-bond donors (Lipinski definition) is 2. The summed E-state index contributed by atoms with van der Waals surface area (Å²) in [5, 5.41) is 18.3. The lowest BCUT2D eigenvalue weighted by Gasteiger charge is -2.06. The molecule has 10 nitrogen and oxygen atoms in total. The number of nitro benzene ring substituents is 1. The Morgan fingerprint density at radius 1 is 0.967 bits per heavy atom. The number of nitro groups is 1. The molecular weight excluding hydrogens is 390 g/mol. The van der Waals surface area contributed by atoms with Crippen LogP contribution in [0.4, 0.5) is 22.7 Å². The lowest BCUT2D eigenvalue weighted by atomic mass is 10.2. The number of anilines is 2. The van der Waals surface area contributed by atoms with Crippen LogP contribution in [0, 0.1) is 10.1 Å². The second kappa shape index (κ2) is 9.06. The van der Waals surface area contributed by atoms with Gasteiger partial charge < -0.3 is 10.6 Å². The summed E-state index contributed by atoms with van der Waals surface area (Å²) in [4.78, 5) is 39.1. The molecule has 1 amide bonds. The van der Waals surface area contributed by atoms with Crippen molar-refractivity contribution < 1.29 is 19.3 Å². The third-order valence-corrected chi connectivity index (χ3v) is 3.81. The maximum atomic E-state index is 12.0. The Bertz CT molecular complexity index is 1130. The highest BCUT2D eigenvalue weighted by molar-refractivity contribution is 5.95. The van der Waals surface area contributed by atoms with Crippen LogP contribution in [0.2, 0.25) is 0 Å². The van der Waals surface area contributed by atoms with Crippen LogP contribution >= 0.6 is 0 Å². The smallest absolute Gasteiger partial charge is 0.363 e. The molecule has 3 rings (SSSR count). The molecule has 30 heavy (non-hydrogen) atoms. The van der Waals surface area contributed by atoms with E-state index in [0.717, 1.165) is 6.07 Å². The average Bonchev–Trinajstić information content (AvgIpc) is 2.76. The fourth-order valence-electron chi connectivity index (χ4n) is 2.34. The molecule has 0 spiro atoms. The van der Waals surface area contributed by atoms with Gasteiger partial charge in [-0.05, 0) is 48.5 Å². The number of carbonyl (C=O) groups excluding carboxylic acids is 2. The Labute approximate surface area is 170 Å². The Kier molecular flexibility index (Phi) is 6.08. The first-order valence-electron chi connectivity index (χ1n) is 8.56. The Morgan fingerprint density at radius 3 is 2.37 bits per heavy atom. The van der Waals surface area contributed by atoms with Crippen molar-refractivity contribution in [1.29, 1.82) is 0 Å². The predicted molar refractivity (Wildman–Crippen MR) is 108 cm³/mol. The van der Waals surface area contributed by atoms with Crippen molar-refractivity contribution in [3.05, 3.63) is 94.0 Å². The maximum Gasteiger partial charge on any atom is 0.363 e. The Balaban J connectivity index is 1.58. The van der Waals surface area contributed by atoms with Crippen LogP contribution in [0.25, 0.3) is 0 Å². The second-order valence-electron chi connectivity index (χ2n) is 5.98. The number of carbonyl (C=O) groups is 2. The van der Waals surface area contributed by atoms with Gasteiger partial charge in [-0.15, -0.1) is 10.2 Å². The van der Waals surface area contributed by atoms with E-state index in [1.54, 1.807) is 42.5 Å². The largest absolute Gasteiger partial charge is 0.399 e. The summed E-state index contributed by atoms with van der Waals surface area (Å²) in [7, 11) is 0. The van der Waals surface area contributed by atoms with Crippen LogP contribution in [-0.2, 0) is 4.84 Å². The van der Waals surface area contributed by atoms with E-state index in [2.05, 4.69) is 15.7 Å². The minimum atomic E-state index is -0.782. The molecule has 3 N–H and O–H groups in total. The maximum absolute atomic E-state index is 12.0. The van der Waals surface area contributed by atoms with Crippen molar-refractivity contribution in [1.82, 2.24) is 0 Å². The fourth-order valence-corrected chi connectivity index (χ4v) is 2.34. The van der Waals surface area contributed by atoms with Gasteiger partial charge in [0.15, 0.2) is 0 Å². The molecule has 0 aliphatic heterocycles. The van der Waals surface area contributed by atoms with Crippen molar-refractivity contribution >= 4 is 34.6 Å². The lowest BCUT2D eigenvalue weighted by molar-refractivity contribution is -0.384. The van der Waals surface area contributed by atoms with Gasteiger partial charge in [-0.3, -0.25) is 14.9 Å². The molecule has 0 aliphatic rings. The molecule has 0 fully saturated rings. The first kappa shape index (κ1) is 20.1. The van der Waals surface area contributed by atoms with Gasteiger partial charge in [0.05, 0.1) is 21.9 Å². The summed E-state index contributed by atoms with van der Waals surface area (Å²) >= 11 is 0. The van der Waals surface area contributed by atoms with Gasteiger partial charge in [-0.25, -0.2) is 10.3 Å². The van der Waals surface area contributed by atoms with Crippen molar-refractivity contribution in [2.24, 2.45) is 10.2 Å². The van der Waals surface area contributed by atoms with E-state index < -0.39 is 16.8 Å². The van der Waals surface area contributed by atoms with E-state index in [0.29, 0.717) is 22.6 Å². The highest BCUT2D eigenvalue weighted by atomic mass is 16.7. The van der Waals surface area contributed by atoms with Crippen LogP contribution < -0.4 is 11.2 Å². The molecule has 0 bridgehead atoms. The van der Waals surface area contributed by atoms with E-state index in [9.17, 15) is 19.7 Å². The molecule has 0 aromatic heterocycles. The number of non-ortho nitro benzene ring substituents is 1. The molecule has 0 saturated carbocycles. The summed E-state index contributed by atoms with van der Waals surface area (Å²) in [6, 6.07) is 17.8. The summed E-state index contributed by atoms with van der Waals surface area (Å²) in [6.07, 6.45) is 0. The molecule has 10 heteroatoms. The standard InChI is InChI=1S/C20H15N5O5/c21-15-5-1-3-13(11-15)19(26)23-22-16-7-9-17(10-8-16)24-30-20(27)14-4-2-6-18(12-14)25(28)29/h1-12,24H,21H2. The van der Waals surface area contributed by atoms with Gasteiger partial charge in [0.25, 0.3) is 11.6 Å². The lowest BCUT2D eigenvalue weighted by Crippen LogP contribution is -2.10. The van der Waals surface area contributed by atoms with Gasteiger partial charge >= 0.3 is 5.97 Å². The Hall–Kier alpha value is -4.60. The molecular formula is C20H15N5O5. The number of rotatable bonds is 6. The number of amides is 1. The number of azo groups is 1. The summed E-state index contributed by atoms with van der Waals surface area (Å²) in [5.74, 6) is -1.31. The molecule has 0 saturated heterocycles. The topological polar surface area (TPSA) is 149 Å². The normalized spacial score (nSPS) is 10.5. The molecule has 150 valence electrons. The number of nitrogens with two attached hydrogens (primary N) is 1. The number of nitrogen functional groups attached to an aromatic ring is 1. The van der Waals surface area contributed by atoms with Crippen LogP contribution in [0.1, 0.15) is 20.7 Å². The fraction of sp³-hybridized carbons (Fsp3) is 0. The molecule has 0 unspecified atom stereocenters. The van der Waals surface area contributed by atoms with E-state index >= 15 is 0 Å². The number of nitrogens with zero attached hydrogens (tertiary/aromatic N) is 3. The average molecular weight is 405 g/mol. The first-order chi connectivity index (χ1) is 14.4. The van der Waals surface area contributed by atoms with Crippen molar-refractivity contribution in [2.75, 3.05) is 11.2 Å². The highest BCUT2D eigenvalue weighted by Crippen LogP contribution is 2.19. The van der Waals surface area contributed by atoms with Crippen LogP contribution in [0.3, 0.4) is 0 Å². The van der Waals surface area contributed by atoms with Crippen LogP contribution in [-0.4, -0.2) is 16.8 Å². The first-order valence-corrected chi connectivity index (χ1v) is 8.56. The number of benzene rings is 3. The van der Waals surface area contributed by atoms with Gasteiger partial charge in [0, 0.05) is 23.4 Å². The van der Waals surface area contributed by atoms with Crippen LogP contribution in [0.5, 0.6) is 0 Å². The molecule has 0 atom stereocenters. The zero-order valence-electron chi connectivity index (χ0n) is 15.4. The number of hydrogen-bond acceptors (Lipinski definition) is 8. The SMILES string of the molecule is Nc1cccc(C(=O)N=Nc2ccc(NOC(=O)c3cccc([N+](=O)[O-])c3)cc2)c1. The predicted octanol–water partition coefficient (Wildman–Crippen LogP) is 4.29. The second-order valence-corrected chi connectivity index (χ2v) is 5.98. The number of nitrogens with one attached hydrogen (secondary N) is 1. The molecule has 0 heterocycles. The minimum Gasteiger partial charge on any atom is -0.399 e. The quantitative estimate of drug-likeness (QED) is 0.269. The summed E-state index contributed by atoms with van der Waals surface area (Å²) < 4.78 is 0. The van der Waals surface area contributed by atoms with Gasteiger partial charge in [0.1, 0.15) is 0 Å². The zero-order chi connectivity index (χ0) is 21.5. The molecule has 0 aliphatic carbocycles. The van der Waals surface area contributed by atoms with Gasteiger partial charge in [-0.1, -0.05) is 12.1 Å². The molecule has 3 aromatic rings. The monoisotopic (exact) mass is 405 g/mol. The van der Waals surface area contributed by atoms with E-state index in [-0.39, 0.29) is 11.3 Å². The van der Waals surface area contributed by atoms with E-state index in [4.69, 9.17) is 10.6 Å². The zero-order valence-corrected chi connectivity index (χ0v) is 15.4. The summed E-state index contributed by atoms with van der Waals surface area (Å²) in [6.45, 7) is 0.